The number of nitro benzene ring substituents is 1. The minimum Gasteiger partial charge on any atom is -0.496 e. The Balaban J connectivity index is 2.93. The molecule has 0 N–H and O–H groups in total. The molecule has 0 aromatic heterocycles. The van der Waals surface area contributed by atoms with Crippen LogP contribution in [-0.2, 0) is 16.1 Å². The molecular formula is C14H20N2O5. The quantitative estimate of drug-likeness (QED) is 0.414. The van der Waals surface area contributed by atoms with E-state index in [0.29, 0.717) is 18.8 Å². The summed E-state index contributed by atoms with van der Waals surface area (Å²) in [5.74, 6) is 0.0922. The monoisotopic (exact) mass is 296 g/mol. The second kappa shape index (κ2) is 8.21. The zero-order chi connectivity index (χ0) is 15.8. The number of nitrogens with zero attached hydrogens (tertiary/aromatic N) is 2. The Kier molecular flexibility index (Phi) is 6.61. The largest absolute Gasteiger partial charge is 0.496 e. The van der Waals surface area contributed by atoms with Gasteiger partial charge in [0.1, 0.15) is 5.75 Å². The standard InChI is InChI=1S/C14H20N2O5/c1-4-5-15(10-14(17)21-3)9-11-6-12(16(18)19)8-13(7-11)20-2/h6-8H,4-5,9-10H2,1-3H3. The molecular weight excluding hydrogens is 276 g/mol. The molecule has 0 saturated heterocycles. The first-order chi connectivity index (χ1) is 9.99. The van der Waals surface area contributed by atoms with Crippen molar-refractivity contribution in [3.8, 4) is 5.75 Å². The molecule has 0 spiro atoms. The van der Waals surface area contributed by atoms with Crippen LogP contribution in [0.4, 0.5) is 5.69 Å². The SMILES string of the molecule is CCCN(CC(=O)OC)Cc1cc(OC)cc([N+](=O)[O-])c1. The molecule has 0 aliphatic heterocycles. The van der Waals surface area contributed by atoms with E-state index in [-0.39, 0.29) is 18.2 Å². The van der Waals surface area contributed by atoms with Crippen molar-refractivity contribution >= 4 is 11.7 Å². The lowest BCUT2D eigenvalue weighted by Gasteiger charge is -2.20. The Morgan fingerprint density at radius 3 is 2.57 bits per heavy atom. The topological polar surface area (TPSA) is 81.9 Å². The molecule has 0 heterocycles. The maximum absolute atomic E-state index is 11.4. The van der Waals surface area contributed by atoms with Crippen molar-refractivity contribution < 1.29 is 19.2 Å². The molecule has 0 radical (unpaired) electrons. The van der Waals surface area contributed by atoms with Gasteiger partial charge in [0.2, 0.25) is 0 Å². The highest BCUT2D eigenvalue weighted by atomic mass is 16.6. The summed E-state index contributed by atoms with van der Waals surface area (Å²) in [5.41, 5.74) is 0.692. The third kappa shape index (κ3) is 5.39. The molecule has 0 fully saturated rings. The summed E-state index contributed by atoms with van der Waals surface area (Å²) in [4.78, 5) is 23.7. The predicted octanol–water partition coefficient (Wildman–Crippen LogP) is 1.99. The van der Waals surface area contributed by atoms with Crippen molar-refractivity contribution in [3.05, 3.63) is 33.9 Å². The van der Waals surface area contributed by atoms with Gasteiger partial charge in [-0.15, -0.1) is 0 Å². The average Bonchev–Trinajstić information content (AvgIpc) is 2.46. The molecule has 116 valence electrons. The number of rotatable bonds is 8. The lowest BCUT2D eigenvalue weighted by Crippen LogP contribution is -2.30. The summed E-state index contributed by atoms with van der Waals surface area (Å²) in [6, 6.07) is 4.59. The smallest absolute Gasteiger partial charge is 0.319 e. The Hall–Kier alpha value is -2.15. The molecule has 0 aliphatic carbocycles. The van der Waals surface area contributed by atoms with Gasteiger partial charge < -0.3 is 9.47 Å². The lowest BCUT2D eigenvalue weighted by molar-refractivity contribution is -0.385. The summed E-state index contributed by atoms with van der Waals surface area (Å²) in [6.07, 6.45) is 0.864. The molecule has 0 saturated carbocycles. The normalized spacial score (nSPS) is 10.5. The molecule has 1 aromatic carbocycles. The van der Waals surface area contributed by atoms with Crippen LogP contribution in [-0.4, -0.2) is 43.1 Å². The highest BCUT2D eigenvalue weighted by Crippen LogP contribution is 2.23. The fourth-order valence-electron chi connectivity index (χ4n) is 1.99. The van der Waals surface area contributed by atoms with E-state index in [4.69, 9.17) is 4.74 Å². The number of non-ortho nitro benzene ring substituents is 1. The van der Waals surface area contributed by atoms with Gasteiger partial charge in [-0.25, -0.2) is 0 Å². The maximum Gasteiger partial charge on any atom is 0.319 e. The summed E-state index contributed by atoms with van der Waals surface area (Å²) in [5, 5.41) is 10.9. The summed E-state index contributed by atoms with van der Waals surface area (Å²) in [7, 11) is 2.80. The van der Waals surface area contributed by atoms with Crippen molar-refractivity contribution in [1.82, 2.24) is 4.90 Å². The van der Waals surface area contributed by atoms with E-state index in [0.717, 1.165) is 12.0 Å². The van der Waals surface area contributed by atoms with Crippen LogP contribution in [0, 0.1) is 10.1 Å². The average molecular weight is 296 g/mol. The summed E-state index contributed by atoms with van der Waals surface area (Å²) >= 11 is 0. The van der Waals surface area contributed by atoms with Gasteiger partial charge in [0.15, 0.2) is 0 Å². The molecule has 0 unspecified atom stereocenters. The van der Waals surface area contributed by atoms with Crippen LogP contribution in [0.5, 0.6) is 5.75 Å². The fourth-order valence-corrected chi connectivity index (χ4v) is 1.99. The third-order valence-corrected chi connectivity index (χ3v) is 2.92. The van der Waals surface area contributed by atoms with E-state index < -0.39 is 4.92 Å². The first kappa shape index (κ1) is 16.9. The molecule has 0 atom stereocenters. The number of esters is 1. The van der Waals surface area contributed by atoms with Crippen molar-refractivity contribution in [2.45, 2.75) is 19.9 Å². The third-order valence-electron chi connectivity index (χ3n) is 2.92. The van der Waals surface area contributed by atoms with E-state index >= 15 is 0 Å². The molecule has 0 aliphatic rings. The minimum absolute atomic E-state index is 0.0288. The first-order valence-corrected chi connectivity index (χ1v) is 6.61. The highest BCUT2D eigenvalue weighted by Gasteiger charge is 2.15. The van der Waals surface area contributed by atoms with Gasteiger partial charge in [0, 0.05) is 12.6 Å². The van der Waals surface area contributed by atoms with E-state index in [1.807, 2.05) is 11.8 Å². The van der Waals surface area contributed by atoms with Crippen molar-refractivity contribution in [3.63, 3.8) is 0 Å². The van der Waals surface area contributed by atoms with E-state index in [2.05, 4.69) is 4.74 Å². The van der Waals surface area contributed by atoms with Crippen LogP contribution < -0.4 is 4.74 Å². The van der Waals surface area contributed by atoms with Gasteiger partial charge in [-0.1, -0.05) is 6.92 Å². The number of hydrogen-bond acceptors (Lipinski definition) is 6. The Morgan fingerprint density at radius 1 is 1.33 bits per heavy atom. The van der Waals surface area contributed by atoms with Crippen LogP contribution >= 0.6 is 0 Å². The van der Waals surface area contributed by atoms with Crippen LogP contribution in [0.3, 0.4) is 0 Å². The van der Waals surface area contributed by atoms with Crippen LogP contribution in [0.1, 0.15) is 18.9 Å². The number of methoxy groups -OCH3 is 2. The number of carbonyl (C=O) groups is 1. The number of hydrogen-bond donors (Lipinski definition) is 0. The molecule has 21 heavy (non-hydrogen) atoms. The fraction of sp³-hybridized carbons (Fsp3) is 0.500. The van der Waals surface area contributed by atoms with Crippen LogP contribution in [0.15, 0.2) is 18.2 Å². The molecule has 1 rings (SSSR count). The van der Waals surface area contributed by atoms with Gasteiger partial charge in [0.25, 0.3) is 5.69 Å². The molecule has 7 nitrogen and oxygen atoms in total. The van der Waals surface area contributed by atoms with E-state index in [1.165, 1.54) is 26.4 Å². The highest BCUT2D eigenvalue weighted by molar-refractivity contribution is 5.71. The summed E-state index contributed by atoms with van der Waals surface area (Å²) in [6.45, 7) is 3.26. The molecule has 1 aromatic rings. The van der Waals surface area contributed by atoms with Gasteiger partial charge >= 0.3 is 5.97 Å². The number of ether oxygens (including phenoxy) is 2. The second-order valence-corrected chi connectivity index (χ2v) is 4.58. The zero-order valence-electron chi connectivity index (χ0n) is 12.5. The number of carbonyl (C=O) groups excluding carboxylic acids is 1. The van der Waals surface area contributed by atoms with Gasteiger partial charge in [-0.3, -0.25) is 19.8 Å². The van der Waals surface area contributed by atoms with E-state index in [1.54, 1.807) is 6.07 Å². The zero-order valence-corrected chi connectivity index (χ0v) is 12.5. The van der Waals surface area contributed by atoms with Gasteiger partial charge in [0.05, 0.1) is 31.8 Å². The lowest BCUT2D eigenvalue weighted by atomic mass is 10.1. The van der Waals surface area contributed by atoms with Crippen molar-refractivity contribution in [1.29, 1.82) is 0 Å². The Bertz CT molecular complexity index is 504. The molecule has 0 amide bonds. The summed E-state index contributed by atoms with van der Waals surface area (Å²) < 4.78 is 9.73. The molecule has 0 bridgehead atoms. The Morgan fingerprint density at radius 2 is 2.05 bits per heavy atom. The van der Waals surface area contributed by atoms with Crippen molar-refractivity contribution in [2.24, 2.45) is 0 Å². The first-order valence-electron chi connectivity index (χ1n) is 6.61. The predicted molar refractivity (Wildman–Crippen MR) is 77.2 cm³/mol. The minimum atomic E-state index is -0.462. The van der Waals surface area contributed by atoms with Gasteiger partial charge in [-0.05, 0) is 24.6 Å². The number of benzene rings is 1. The van der Waals surface area contributed by atoms with Gasteiger partial charge in [-0.2, -0.15) is 0 Å². The second-order valence-electron chi connectivity index (χ2n) is 4.58. The number of nitro groups is 1. The molecule has 7 heteroatoms. The van der Waals surface area contributed by atoms with Crippen LogP contribution in [0.25, 0.3) is 0 Å². The van der Waals surface area contributed by atoms with Crippen molar-refractivity contribution in [2.75, 3.05) is 27.3 Å². The Labute approximate surface area is 123 Å². The maximum atomic E-state index is 11.4. The van der Waals surface area contributed by atoms with Crippen LogP contribution in [0.2, 0.25) is 0 Å². The van der Waals surface area contributed by atoms with E-state index in [9.17, 15) is 14.9 Å².